The first-order valence-corrected chi connectivity index (χ1v) is 11.0. The van der Waals surface area contributed by atoms with Crippen LogP contribution in [0.3, 0.4) is 0 Å². The lowest BCUT2D eigenvalue weighted by Crippen LogP contribution is -2.19. The van der Waals surface area contributed by atoms with E-state index < -0.39 is 12.0 Å². The number of esters is 1. The van der Waals surface area contributed by atoms with Gasteiger partial charge in [-0.15, -0.1) is 0 Å². The molecule has 0 aliphatic rings. The lowest BCUT2D eigenvalue weighted by atomic mass is 10.2. The van der Waals surface area contributed by atoms with E-state index in [0.717, 1.165) is 0 Å². The minimum atomic E-state index is -0.441. The lowest BCUT2D eigenvalue weighted by molar-refractivity contribution is 0.0526. The predicted octanol–water partition coefficient (Wildman–Crippen LogP) is 4.75. The maximum absolute atomic E-state index is 12.3. The second kappa shape index (κ2) is 10.7. The Labute approximate surface area is 205 Å². The molecule has 2 aromatic heterocycles. The van der Waals surface area contributed by atoms with Crippen molar-refractivity contribution in [3.8, 4) is 5.75 Å². The normalized spacial score (nSPS) is 10.6. The highest BCUT2D eigenvalue weighted by Crippen LogP contribution is 2.18. The first kappa shape index (κ1) is 23.8. The number of halogens is 1. The summed E-state index contributed by atoms with van der Waals surface area (Å²) >= 11 is 5.92. The Kier molecular flexibility index (Phi) is 7.27. The van der Waals surface area contributed by atoms with Crippen LogP contribution in [0.5, 0.6) is 5.75 Å². The van der Waals surface area contributed by atoms with Crippen molar-refractivity contribution in [2.75, 3.05) is 17.2 Å². The molecular formula is C25H21ClN4O5. The summed E-state index contributed by atoms with van der Waals surface area (Å²) in [6, 6.07) is 17.4. The monoisotopic (exact) mass is 492 g/mol. The van der Waals surface area contributed by atoms with Gasteiger partial charge in [0.25, 0.3) is 5.56 Å². The van der Waals surface area contributed by atoms with Gasteiger partial charge >= 0.3 is 12.0 Å². The third kappa shape index (κ3) is 6.15. The summed E-state index contributed by atoms with van der Waals surface area (Å²) < 4.78 is 12.0. The van der Waals surface area contributed by atoms with Gasteiger partial charge in [-0.25, -0.2) is 14.6 Å². The van der Waals surface area contributed by atoms with Crippen molar-refractivity contribution in [3.05, 3.63) is 99.6 Å². The molecule has 9 nitrogen and oxygen atoms in total. The molecule has 0 aliphatic carbocycles. The molecule has 4 aromatic rings. The fourth-order valence-electron chi connectivity index (χ4n) is 3.19. The van der Waals surface area contributed by atoms with Gasteiger partial charge in [0.05, 0.1) is 22.9 Å². The van der Waals surface area contributed by atoms with Gasteiger partial charge in [-0.05, 0) is 67.6 Å². The van der Waals surface area contributed by atoms with E-state index >= 15 is 0 Å². The maximum atomic E-state index is 12.3. The molecule has 2 aromatic carbocycles. The molecule has 0 aliphatic heterocycles. The first-order chi connectivity index (χ1) is 16.9. The molecule has 2 amide bonds. The molecule has 0 atom stereocenters. The van der Waals surface area contributed by atoms with Gasteiger partial charge in [0.15, 0.2) is 0 Å². The average molecular weight is 493 g/mol. The predicted molar refractivity (Wildman–Crippen MR) is 132 cm³/mol. The number of pyridine rings is 1. The van der Waals surface area contributed by atoms with E-state index in [4.69, 9.17) is 21.1 Å². The summed E-state index contributed by atoms with van der Waals surface area (Å²) in [6.45, 7) is 2.13. The van der Waals surface area contributed by atoms with Crippen molar-refractivity contribution < 1.29 is 19.1 Å². The number of carbonyl (C=O) groups excluding carboxylic acids is 2. The minimum absolute atomic E-state index is 0.101. The number of benzene rings is 2. The van der Waals surface area contributed by atoms with E-state index in [9.17, 15) is 14.4 Å². The van der Waals surface area contributed by atoms with Crippen molar-refractivity contribution in [2.24, 2.45) is 0 Å². The van der Waals surface area contributed by atoms with E-state index in [1.807, 2.05) is 0 Å². The van der Waals surface area contributed by atoms with E-state index in [0.29, 0.717) is 45.7 Å². The fourth-order valence-corrected chi connectivity index (χ4v) is 3.35. The Morgan fingerprint density at radius 3 is 2.29 bits per heavy atom. The lowest BCUT2D eigenvalue weighted by Gasteiger charge is -2.10. The Balaban J connectivity index is 1.31. The Bertz CT molecular complexity index is 1420. The first-order valence-electron chi connectivity index (χ1n) is 10.7. The van der Waals surface area contributed by atoms with Crippen LogP contribution in [0.1, 0.15) is 23.0 Å². The van der Waals surface area contributed by atoms with Crippen molar-refractivity contribution in [2.45, 2.75) is 13.5 Å². The summed E-state index contributed by atoms with van der Waals surface area (Å²) in [7, 11) is 0. The number of aromatic nitrogens is 2. The van der Waals surface area contributed by atoms with E-state index in [1.165, 1.54) is 16.7 Å². The molecule has 178 valence electrons. The number of ether oxygens (including phenoxy) is 2. The van der Waals surface area contributed by atoms with Crippen LogP contribution in [0.2, 0.25) is 5.02 Å². The van der Waals surface area contributed by atoms with Gasteiger partial charge in [-0.2, -0.15) is 0 Å². The molecule has 0 bridgehead atoms. The SMILES string of the molecule is CCOC(=O)c1ccc(NC(=O)Nc2ccc(OCc3cc(=O)n4cc(Cl)ccc4n3)cc2)cc1. The van der Waals surface area contributed by atoms with Gasteiger partial charge < -0.3 is 20.1 Å². The second-order valence-electron chi connectivity index (χ2n) is 7.35. The van der Waals surface area contributed by atoms with Gasteiger partial charge in [-0.1, -0.05) is 11.6 Å². The molecule has 10 heteroatoms. The van der Waals surface area contributed by atoms with Crippen LogP contribution in [0.25, 0.3) is 5.65 Å². The highest BCUT2D eigenvalue weighted by Gasteiger charge is 2.08. The zero-order valence-electron chi connectivity index (χ0n) is 18.7. The number of anilines is 2. The summed E-state index contributed by atoms with van der Waals surface area (Å²) in [5.41, 5.74) is 2.18. The molecule has 2 heterocycles. The smallest absolute Gasteiger partial charge is 0.338 e. The van der Waals surface area contributed by atoms with Crippen LogP contribution in [-0.4, -0.2) is 28.0 Å². The number of urea groups is 1. The third-order valence-corrected chi connectivity index (χ3v) is 5.05. The molecule has 0 unspecified atom stereocenters. The number of amides is 2. The van der Waals surface area contributed by atoms with Crippen LogP contribution in [0.15, 0.2) is 77.7 Å². The van der Waals surface area contributed by atoms with Gasteiger partial charge in [0, 0.05) is 23.6 Å². The van der Waals surface area contributed by atoms with Crippen molar-refractivity contribution in [3.63, 3.8) is 0 Å². The largest absolute Gasteiger partial charge is 0.487 e. The maximum Gasteiger partial charge on any atom is 0.338 e. The molecule has 0 radical (unpaired) electrons. The molecule has 0 saturated carbocycles. The summed E-state index contributed by atoms with van der Waals surface area (Å²) in [6.07, 6.45) is 1.51. The number of hydrogen-bond donors (Lipinski definition) is 2. The molecule has 4 rings (SSSR count). The van der Waals surface area contributed by atoms with E-state index in [-0.39, 0.29) is 12.2 Å². The number of fused-ring (bicyclic) bond motifs is 1. The van der Waals surface area contributed by atoms with Gasteiger partial charge in [0.2, 0.25) is 0 Å². The van der Waals surface area contributed by atoms with Crippen molar-refractivity contribution >= 4 is 40.6 Å². The molecule has 2 N–H and O–H groups in total. The van der Waals surface area contributed by atoms with Crippen LogP contribution in [0.4, 0.5) is 16.2 Å². The highest BCUT2D eigenvalue weighted by atomic mass is 35.5. The van der Waals surface area contributed by atoms with Crippen molar-refractivity contribution in [1.82, 2.24) is 9.38 Å². The van der Waals surface area contributed by atoms with Crippen LogP contribution < -0.4 is 20.9 Å². The van der Waals surface area contributed by atoms with Gasteiger partial charge in [0.1, 0.15) is 18.0 Å². The Morgan fingerprint density at radius 1 is 0.971 bits per heavy atom. The number of rotatable bonds is 7. The summed E-state index contributed by atoms with van der Waals surface area (Å²) in [5, 5.41) is 5.85. The second-order valence-corrected chi connectivity index (χ2v) is 7.79. The third-order valence-electron chi connectivity index (χ3n) is 4.83. The van der Waals surface area contributed by atoms with Crippen LogP contribution in [0, 0.1) is 0 Å². The van der Waals surface area contributed by atoms with Crippen LogP contribution in [-0.2, 0) is 11.3 Å². The zero-order chi connectivity index (χ0) is 24.8. The topological polar surface area (TPSA) is 111 Å². The number of nitrogens with zero attached hydrogens (tertiary/aromatic N) is 2. The van der Waals surface area contributed by atoms with Crippen molar-refractivity contribution in [1.29, 1.82) is 0 Å². The standard InChI is InChI=1S/C25H21ClN4O5/c1-2-34-24(32)16-3-6-18(7-4-16)28-25(33)29-19-8-10-21(11-9-19)35-15-20-13-23(31)30-14-17(26)5-12-22(30)27-20/h3-14H,2,15H2,1H3,(H2,28,29,33). The number of nitrogens with one attached hydrogen (secondary N) is 2. The molecule has 0 saturated heterocycles. The summed E-state index contributed by atoms with van der Waals surface area (Å²) in [5.74, 6) is 0.128. The van der Waals surface area contributed by atoms with E-state index in [1.54, 1.807) is 67.6 Å². The average Bonchev–Trinajstić information content (AvgIpc) is 2.84. The zero-order valence-corrected chi connectivity index (χ0v) is 19.4. The quantitative estimate of drug-likeness (QED) is 0.360. The van der Waals surface area contributed by atoms with Gasteiger partial charge in [-0.3, -0.25) is 9.20 Å². The van der Waals surface area contributed by atoms with Crippen LogP contribution >= 0.6 is 11.6 Å². The number of carbonyl (C=O) groups is 2. The van der Waals surface area contributed by atoms with E-state index in [2.05, 4.69) is 15.6 Å². The summed E-state index contributed by atoms with van der Waals surface area (Å²) in [4.78, 5) is 40.6. The molecule has 35 heavy (non-hydrogen) atoms. The fraction of sp³-hybridized carbons (Fsp3) is 0.120. The Hall–Kier alpha value is -4.37. The molecule has 0 spiro atoms. The number of hydrogen-bond acceptors (Lipinski definition) is 6. The minimum Gasteiger partial charge on any atom is -0.487 e. The Morgan fingerprint density at radius 2 is 1.63 bits per heavy atom. The molecule has 0 fully saturated rings. The highest BCUT2D eigenvalue weighted by molar-refractivity contribution is 6.30. The molecular weight excluding hydrogens is 472 g/mol.